The van der Waals surface area contributed by atoms with Crippen LogP contribution in [-0.4, -0.2) is 23.3 Å². The number of thiazole rings is 1. The summed E-state index contributed by atoms with van der Waals surface area (Å²) in [7, 11) is 0. The van der Waals surface area contributed by atoms with Crippen molar-refractivity contribution in [3.8, 4) is 0 Å². The zero-order chi connectivity index (χ0) is 20.6. The number of amides is 2. The minimum atomic E-state index is -0.178. The molecule has 2 aromatic carbocycles. The highest BCUT2D eigenvalue weighted by molar-refractivity contribution is 8.00. The topological polar surface area (TPSA) is 71.1 Å². The van der Waals surface area contributed by atoms with E-state index >= 15 is 0 Å². The van der Waals surface area contributed by atoms with E-state index in [0.29, 0.717) is 23.4 Å². The Morgan fingerprint density at radius 3 is 2.28 bits per heavy atom. The second kappa shape index (κ2) is 10.2. The van der Waals surface area contributed by atoms with Gasteiger partial charge in [-0.1, -0.05) is 30.8 Å². The molecule has 7 heteroatoms. The number of nitrogens with zero attached hydrogens (tertiary/aromatic N) is 1. The van der Waals surface area contributed by atoms with E-state index in [9.17, 15) is 9.59 Å². The van der Waals surface area contributed by atoms with E-state index in [4.69, 9.17) is 0 Å². The first-order valence-corrected chi connectivity index (χ1v) is 11.2. The summed E-state index contributed by atoms with van der Waals surface area (Å²) in [6.07, 6.45) is 0.891. The molecule has 1 aromatic heterocycles. The first kappa shape index (κ1) is 21.1. The minimum Gasteiger partial charge on any atom is -0.352 e. The fourth-order valence-electron chi connectivity index (χ4n) is 2.54. The Labute approximate surface area is 179 Å². The van der Waals surface area contributed by atoms with Crippen molar-refractivity contribution in [2.24, 2.45) is 0 Å². The number of aromatic nitrogens is 1. The molecule has 0 saturated heterocycles. The number of carbonyl (C=O) groups is 2. The Hall–Kier alpha value is -2.64. The molecule has 0 radical (unpaired) electrons. The summed E-state index contributed by atoms with van der Waals surface area (Å²) in [5.74, 6) is 0.533. The van der Waals surface area contributed by atoms with Crippen LogP contribution in [0.15, 0.2) is 58.3 Å². The molecule has 2 N–H and O–H groups in total. The van der Waals surface area contributed by atoms with Gasteiger partial charge >= 0.3 is 0 Å². The molecule has 3 aromatic rings. The lowest BCUT2D eigenvalue weighted by Crippen LogP contribution is -2.23. The Morgan fingerprint density at radius 1 is 1.00 bits per heavy atom. The lowest BCUT2D eigenvalue weighted by atomic mass is 10.1. The normalized spacial score (nSPS) is 10.6. The largest absolute Gasteiger partial charge is 0.352 e. The van der Waals surface area contributed by atoms with E-state index in [0.717, 1.165) is 27.8 Å². The molecule has 0 fully saturated rings. The zero-order valence-electron chi connectivity index (χ0n) is 16.4. The molecule has 0 aliphatic rings. The Bertz CT molecular complexity index is 966. The summed E-state index contributed by atoms with van der Waals surface area (Å²) in [5.41, 5.74) is 4.00. The fourth-order valence-corrected chi connectivity index (χ4v) is 4.35. The summed E-state index contributed by atoms with van der Waals surface area (Å²) in [6.45, 7) is 4.64. The highest BCUT2D eigenvalue weighted by Gasteiger charge is 2.09. The third-order valence-electron chi connectivity index (χ3n) is 4.12. The molecule has 0 aliphatic carbocycles. The lowest BCUT2D eigenvalue weighted by molar-refractivity contribution is 0.0953. The first-order chi connectivity index (χ1) is 14.0. The van der Waals surface area contributed by atoms with Crippen LogP contribution >= 0.6 is 23.1 Å². The maximum Gasteiger partial charge on any atom is 0.255 e. The van der Waals surface area contributed by atoms with Gasteiger partial charge in [0.25, 0.3) is 11.8 Å². The SMILES string of the molecule is CCCNC(=O)c1ccc(NC(=O)c2ccc(CSc3nc(C)cs3)cc2)cc1. The van der Waals surface area contributed by atoms with Crippen molar-refractivity contribution < 1.29 is 9.59 Å². The number of aryl methyl sites for hydroxylation is 1. The van der Waals surface area contributed by atoms with Gasteiger partial charge in [0.2, 0.25) is 0 Å². The van der Waals surface area contributed by atoms with Crippen molar-refractivity contribution in [3.05, 3.63) is 76.3 Å². The molecule has 0 aliphatic heterocycles. The molecule has 150 valence electrons. The second-order valence-electron chi connectivity index (χ2n) is 6.53. The number of thioether (sulfide) groups is 1. The number of rotatable bonds is 8. The van der Waals surface area contributed by atoms with Crippen LogP contribution < -0.4 is 10.6 Å². The summed E-state index contributed by atoms with van der Waals surface area (Å²) in [4.78, 5) is 28.8. The van der Waals surface area contributed by atoms with Crippen LogP contribution in [0.4, 0.5) is 5.69 Å². The monoisotopic (exact) mass is 425 g/mol. The van der Waals surface area contributed by atoms with Gasteiger partial charge in [-0.2, -0.15) is 0 Å². The molecule has 0 unspecified atom stereocenters. The number of hydrogen-bond donors (Lipinski definition) is 2. The van der Waals surface area contributed by atoms with E-state index in [1.807, 2.05) is 43.5 Å². The zero-order valence-corrected chi connectivity index (χ0v) is 18.0. The predicted octanol–water partition coefficient (Wildman–Crippen LogP) is 5.14. The Balaban J connectivity index is 1.54. The molecular formula is C22H23N3O2S2. The molecule has 0 spiro atoms. The quantitative estimate of drug-likeness (QED) is 0.491. The van der Waals surface area contributed by atoms with Crippen LogP contribution in [-0.2, 0) is 5.75 Å². The van der Waals surface area contributed by atoms with Crippen LogP contribution in [0.5, 0.6) is 0 Å². The maximum atomic E-state index is 12.5. The Morgan fingerprint density at radius 2 is 1.66 bits per heavy atom. The molecule has 0 atom stereocenters. The molecule has 2 amide bonds. The molecule has 29 heavy (non-hydrogen) atoms. The predicted molar refractivity (Wildman–Crippen MR) is 120 cm³/mol. The summed E-state index contributed by atoms with van der Waals surface area (Å²) in [6, 6.07) is 14.5. The van der Waals surface area contributed by atoms with Crippen LogP contribution in [0.25, 0.3) is 0 Å². The molecule has 5 nitrogen and oxygen atoms in total. The van der Waals surface area contributed by atoms with Gasteiger partial charge in [0.1, 0.15) is 4.34 Å². The molecule has 0 bridgehead atoms. The van der Waals surface area contributed by atoms with Gasteiger partial charge in [-0.25, -0.2) is 4.98 Å². The number of benzene rings is 2. The van der Waals surface area contributed by atoms with Gasteiger partial charge < -0.3 is 10.6 Å². The van der Waals surface area contributed by atoms with Crippen molar-refractivity contribution in [2.75, 3.05) is 11.9 Å². The molecule has 0 saturated carbocycles. The highest BCUT2D eigenvalue weighted by Crippen LogP contribution is 2.26. The van der Waals surface area contributed by atoms with Gasteiger partial charge in [-0.3, -0.25) is 9.59 Å². The van der Waals surface area contributed by atoms with Gasteiger partial charge in [0.05, 0.1) is 0 Å². The number of carbonyl (C=O) groups excluding carboxylic acids is 2. The van der Waals surface area contributed by atoms with Crippen molar-refractivity contribution in [1.29, 1.82) is 0 Å². The lowest BCUT2D eigenvalue weighted by Gasteiger charge is -2.08. The van der Waals surface area contributed by atoms with Crippen LogP contribution in [0, 0.1) is 6.92 Å². The average molecular weight is 426 g/mol. The van der Waals surface area contributed by atoms with E-state index in [1.165, 1.54) is 0 Å². The third-order valence-corrected chi connectivity index (χ3v) is 6.33. The third kappa shape index (κ3) is 6.17. The molecule has 1 heterocycles. The smallest absolute Gasteiger partial charge is 0.255 e. The number of hydrogen-bond acceptors (Lipinski definition) is 5. The standard InChI is InChI=1S/C22H23N3O2S2/c1-3-12-23-20(26)17-8-10-19(11-9-17)25-21(27)18-6-4-16(5-7-18)14-29-22-24-15(2)13-28-22/h4-11,13H,3,12,14H2,1-2H3,(H,23,26)(H,25,27). The van der Waals surface area contributed by atoms with Gasteiger partial charge in [-0.05, 0) is 55.3 Å². The van der Waals surface area contributed by atoms with Crippen LogP contribution in [0.3, 0.4) is 0 Å². The first-order valence-electron chi connectivity index (χ1n) is 9.38. The second-order valence-corrected chi connectivity index (χ2v) is 8.61. The van der Waals surface area contributed by atoms with E-state index in [1.54, 1.807) is 47.4 Å². The average Bonchev–Trinajstić information content (AvgIpc) is 3.16. The number of anilines is 1. The van der Waals surface area contributed by atoms with Crippen molar-refractivity contribution in [3.63, 3.8) is 0 Å². The fraction of sp³-hybridized carbons (Fsp3) is 0.227. The van der Waals surface area contributed by atoms with E-state index in [2.05, 4.69) is 15.6 Å². The summed E-state index contributed by atoms with van der Waals surface area (Å²) in [5, 5.41) is 7.74. The molecule has 3 rings (SSSR count). The molecular weight excluding hydrogens is 402 g/mol. The van der Waals surface area contributed by atoms with Crippen molar-refractivity contribution in [1.82, 2.24) is 10.3 Å². The minimum absolute atomic E-state index is 0.105. The van der Waals surface area contributed by atoms with Crippen molar-refractivity contribution >= 4 is 40.6 Å². The summed E-state index contributed by atoms with van der Waals surface area (Å²) < 4.78 is 1.05. The van der Waals surface area contributed by atoms with Crippen LogP contribution in [0.1, 0.15) is 45.3 Å². The van der Waals surface area contributed by atoms with Gasteiger partial charge in [0, 0.05) is 40.2 Å². The highest BCUT2D eigenvalue weighted by atomic mass is 32.2. The number of nitrogens with one attached hydrogen (secondary N) is 2. The van der Waals surface area contributed by atoms with E-state index in [-0.39, 0.29) is 11.8 Å². The van der Waals surface area contributed by atoms with Crippen LogP contribution in [0.2, 0.25) is 0 Å². The van der Waals surface area contributed by atoms with Gasteiger partial charge in [-0.15, -0.1) is 11.3 Å². The van der Waals surface area contributed by atoms with Crippen molar-refractivity contribution in [2.45, 2.75) is 30.4 Å². The summed E-state index contributed by atoms with van der Waals surface area (Å²) >= 11 is 3.34. The van der Waals surface area contributed by atoms with Gasteiger partial charge in [0.15, 0.2) is 0 Å². The maximum absolute atomic E-state index is 12.5. The Kier molecular flexibility index (Phi) is 7.43. The van der Waals surface area contributed by atoms with E-state index < -0.39 is 0 Å².